The largest absolute Gasteiger partial charge is 0.455 e. The maximum absolute atomic E-state index is 14.7. The fourth-order valence-electron chi connectivity index (χ4n) is 7.94. The number of likely N-dealkylation sites (tertiary alicyclic amines) is 1. The molecule has 3 heterocycles. The Morgan fingerprint density at radius 1 is 1.12 bits per heavy atom. The number of methoxy groups -OCH3 is 1. The molecule has 8 atom stereocenters. The second-order valence-electron chi connectivity index (χ2n) is 13.3. The molecule has 0 saturated carbocycles. The van der Waals surface area contributed by atoms with Crippen LogP contribution in [0.4, 0.5) is 0 Å². The summed E-state index contributed by atoms with van der Waals surface area (Å²) in [6.45, 7) is 9.62. The van der Waals surface area contributed by atoms with E-state index in [1.807, 2.05) is 55.5 Å². The number of ether oxygens (including phenoxy) is 3. The Labute approximate surface area is 294 Å². The molecular weight excluding hydrogens is 638 g/mol. The minimum Gasteiger partial charge on any atom is -0.455 e. The van der Waals surface area contributed by atoms with Gasteiger partial charge in [-0.2, -0.15) is 0 Å². The summed E-state index contributed by atoms with van der Waals surface area (Å²) >= 11 is 0. The summed E-state index contributed by atoms with van der Waals surface area (Å²) in [5.74, 6) is -3.62. The molecule has 2 N–H and O–H groups in total. The molecule has 2 aromatic rings. The van der Waals surface area contributed by atoms with E-state index < -0.39 is 59.6 Å². The van der Waals surface area contributed by atoms with Gasteiger partial charge in [-0.05, 0) is 36.8 Å². The van der Waals surface area contributed by atoms with Crippen molar-refractivity contribution in [2.75, 3.05) is 26.9 Å². The molecule has 11 heteroatoms. The monoisotopic (exact) mass is 687 g/mol. The molecule has 3 fully saturated rings. The molecule has 0 aliphatic carbocycles. The van der Waals surface area contributed by atoms with Gasteiger partial charge in [-0.1, -0.05) is 79.7 Å². The Morgan fingerprint density at radius 3 is 2.44 bits per heavy atom. The smallest absolute Gasteiger partial charge is 0.313 e. The van der Waals surface area contributed by atoms with E-state index in [1.54, 1.807) is 29.2 Å². The van der Waals surface area contributed by atoms with E-state index in [0.717, 1.165) is 5.56 Å². The zero-order valence-electron chi connectivity index (χ0n) is 28.9. The summed E-state index contributed by atoms with van der Waals surface area (Å²) in [4.78, 5) is 59.7. The highest BCUT2D eigenvalue weighted by Crippen LogP contribution is 2.59. The maximum atomic E-state index is 14.7. The molecule has 2 aromatic carbocycles. The van der Waals surface area contributed by atoms with Crippen molar-refractivity contribution < 1.29 is 38.5 Å². The number of aliphatic hydroxyl groups excluding tert-OH is 1. The van der Waals surface area contributed by atoms with Crippen LogP contribution in [0.5, 0.6) is 0 Å². The number of rotatable bonds is 18. The molecule has 3 aliphatic rings. The Balaban J connectivity index is 1.49. The van der Waals surface area contributed by atoms with E-state index in [0.29, 0.717) is 31.2 Å². The number of allylic oxidation sites excluding steroid dienone is 1. The van der Waals surface area contributed by atoms with Crippen molar-refractivity contribution in [2.45, 2.75) is 81.5 Å². The van der Waals surface area contributed by atoms with Crippen LogP contribution in [0.25, 0.3) is 0 Å². The number of hydrogen-bond donors (Lipinski definition) is 2. The number of aliphatic hydroxyl groups is 1. The molecule has 3 aliphatic heterocycles. The predicted molar refractivity (Wildman–Crippen MR) is 186 cm³/mol. The first-order valence-electron chi connectivity index (χ1n) is 17.4. The van der Waals surface area contributed by atoms with Gasteiger partial charge in [0.1, 0.15) is 17.7 Å². The molecule has 5 rings (SSSR count). The normalized spacial score (nSPS) is 25.3. The first-order chi connectivity index (χ1) is 24.2. The van der Waals surface area contributed by atoms with Gasteiger partial charge in [0, 0.05) is 26.6 Å². The van der Waals surface area contributed by atoms with Crippen molar-refractivity contribution in [1.82, 2.24) is 15.1 Å². The van der Waals surface area contributed by atoms with Crippen molar-refractivity contribution in [3.8, 4) is 0 Å². The molecule has 0 unspecified atom stereocenters. The van der Waals surface area contributed by atoms with Crippen molar-refractivity contribution in [3.05, 3.63) is 97.1 Å². The molecule has 268 valence electrons. The third-order valence-electron chi connectivity index (χ3n) is 10.2. The van der Waals surface area contributed by atoms with E-state index in [-0.39, 0.29) is 44.5 Å². The number of hydrogen-bond acceptors (Lipinski definition) is 8. The van der Waals surface area contributed by atoms with Crippen LogP contribution in [0, 0.1) is 11.8 Å². The first kappa shape index (κ1) is 36.9. The predicted octanol–water partition coefficient (Wildman–Crippen LogP) is 3.73. The highest BCUT2D eigenvalue weighted by atomic mass is 16.6. The average Bonchev–Trinajstić information content (AvgIpc) is 3.78. The number of benzene rings is 2. The number of nitrogens with one attached hydrogen (secondary N) is 1. The number of fused-ring (bicyclic) bond motifs is 1. The molecule has 11 nitrogen and oxygen atoms in total. The standard InChI is InChI=1S/C39H49N3O8/c1-5-8-19-31(44)40-29(25-48-4)34(27-17-13-10-14-18-27)49-38(47)32-30-20-21-39(50-30)33(32)36(45)42(28(7-3)24-43)35(39)37(46)41(22-6-2)23-26-15-11-9-12-16-26/h5-6,9-18,28-30,32-35,43H,1-2,7-8,19-25H2,3-4H3,(H,40,44)/t28-,29-,30-,32+,33+,34-,35-,39+/m0/s1. The topological polar surface area (TPSA) is 135 Å². The quantitative estimate of drug-likeness (QED) is 0.179. The van der Waals surface area contributed by atoms with E-state index in [4.69, 9.17) is 14.2 Å². The van der Waals surface area contributed by atoms with Crippen LogP contribution in [0.1, 0.15) is 56.3 Å². The van der Waals surface area contributed by atoms with Crippen molar-refractivity contribution in [1.29, 1.82) is 0 Å². The van der Waals surface area contributed by atoms with Gasteiger partial charge < -0.3 is 34.4 Å². The molecule has 0 radical (unpaired) electrons. The lowest BCUT2D eigenvalue weighted by Crippen LogP contribution is -2.58. The number of nitrogens with zero attached hydrogens (tertiary/aromatic N) is 2. The summed E-state index contributed by atoms with van der Waals surface area (Å²) in [6, 6.07) is 16.2. The zero-order chi connectivity index (χ0) is 35.8. The minimum absolute atomic E-state index is 0.0587. The molecule has 3 saturated heterocycles. The van der Waals surface area contributed by atoms with Crippen LogP contribution in [-0.4, -0.2) is 95.3 Å². The molecular formula is C39H49N3O8. The summed E-state index contributed by atoms with van der Waals surface area (Å²) < 4.78 is 18.4. The van der Waals surface area contributed by atoms with E-state index >= 15 is 0 Å². The SMILES string of the molecule is C=CCCC(=O)N[C@@H](COC)[C@@H](OC(=O)[C@@H]1[C@@H]2CC[C@]3(O2)[C@H](C(=O)N(CC=C)Cc2ccccc2)N([C@@H](CC)CO)C(=O)[C@@H]13)c1ccccc1. The number of carbonyl (C=O) groups excluding carboxylic acids is 4. The highest BCUT2D eigenvalue weighted by molar-refractivity contribution is 5.98. The van der Waals surface area contributed by atoms with Gasteiger partial charge in [0.05, 0.1) is 43.2 Å². The van der Waals surface area contributed by atoms with E-state index in [9.17, 15) is 24.3 Å². The lowest BCUT2D eigenvalue weighted by molar-refractivity contribution is -0.163. The molecule has 1 spiro atoms. The fourth-order valence-corrected chi connectivity index (χ4v) is 7.94. The first-order valence-corrected chi connectivity index (χ1v) is 17.4. The van der Waals surface area contributed by atoms with Crippen molar-refractivity contribution in [3.63, 3.8) is 0 Å². The summed E-state index contributed by atoms with van der Waals surface area (Å²) in [5, 5.41) is 13.4. The number of amides is 3. The van der Waals surface area contributed by atoms with Gasteiger partial charge >= 0.3 is 5.97 Å². The summed E-state index contributed by atoms with van der Waals surface area (Å²) in [7, 11) is 1.50. The van der Waals surface area contributed by atoms with Gasteiger partial charge in [0.25, 0.3) is 0 Å². The van der Waals surface area contributed by atoms with Gasteiger partial charge in [-0.25, -0.2) is 0 Å². The fraction of sp³-hybridized carbons (Fsp3) is 0.487. The van der Waals surface area contributed by atoms with Gasteiger partial charge in [-0.15, -0.1) is 13.2 Å². The van der Waals surface area contributed by atoms with Crippen LogP contribution in [0.3, 0.4) is 0 Å². The Bertz CT molecular complexity index is 1520. The maximum Gasteiger partial charge on any atom is 0.313 e. The van der Waals surface area contributed by atoms with Gasteiger partial charge in [0.15, 0.2) is 0 Å². The van der Waals surface area contributed by atoms with Crippen molar-refractivity contribution in [2.24, 2.45) is 11.8 Å². The number of esters is 1. The molecule has 0 aromatic heterocycles. The van der Waals surface area contributed by atoms with Crippen LogP contribution < -0.4 is 5.32 Å². The molecule has 3 amide bonds. The Hall–Kier alpha value is -4.32. The second-order valence-corrected chi connectivity index (χ2v) is 13.3. The van der Waals surface area contributed by atoms with Crippen LogP contribution in [-0.2, 0) is 39.9 Å². The van der Waals surface area contributed by atoms with Crippen LogP contribution >= 0.6 is 0 Å². The lowest BCUT2D eigenvalue weighted by atomic mass is 9.70. The van der Waals surface area contributed by atoms with Crippen molar-refractivity contribution >= 4 is 23.7 Å². The van der Waals surface area contributed by atoms with Gasteiger partial charge in [0.2, 0.25) is 17.7 Å². The second kappa shape index (κ2) is 16.6. The summed E-state index contributed by atoms with van der Waals surface area (Å²) in [6.07, 6.45) is 3.64. The molecule has 2 bridgehead atoms. The lowest BCUT2D eigenvalue weighted by Gasteiger charge is -2.39. The van der Waals surface area contributed by atoms with Crippen LogP contribution in [0.2, 0.25) is 0 Å². The third-order valence-corrected chi connectivity index (χ3v) is 10.2. The Kier molecular flexibility index (Phi) is 12.3. The highest BCUT2D eigenvalue weighted by Gasteiger charge is 2.75. The minimum atomic E-state index is -1.28. The molecule has 50 heavy (non-hydrogen) atoms. The summed E-state index contributed by atoms with van der Waals surface area (Å²) in [5.41, 5.74) is 0.272. The van der Waals surface area contributed by atoms with Gasteiger partial charge in [-0.3, -0.25) is 19.2 Å². The Morgan fingerprint density at radius 2 is 1.82 bits per heavy atom. The zero-order valence-corrected chi connectivity index (χ0v) is 28.9. The van der Waals surface area contributed by atoms with E-state index in [2.05, 4.69) is 18.5 Å². The number of carbonyl (C=O) groups is 4. The average molecular weight is 688 g/mol. The third kappa shape index (κ3) is 7.26. The van der Waals surface area contributed by atoms with E-state index in [1.165, 1.54) is 12.0 Å². The van der Waals surface area contributed by atoms with Crippen LogP contribution in [0.15, 0.2) is 86.0 Å².